The molecular formula is C17H20FNO. The summed E-state index contributed by atoms with van der Waals surface area (Å²) < 4.78 is 19.5. The summed E-state index contributed by atoms with van der Waals surface area (Å²) in [7, 11) is 1.61. The quantitative estimate of drug-likeness (QED) is 0.923. The first-order valence-electron chi connectivity index (χ1n) is 6.60. The van der Waals surface area contributed by atoms with Crippen molar-refractivity contribution < 1.29 is 9.13 Å². The van der Waals surface area contributed by atoms with Crippen LogP contribution in [0.15, 0.2) is 30.3 Å². The fraction of sp³-hybridized carbons (Fsp3) is 0.294. The molecule has 20 heavy (non-hydrogen) atoms. The van der Waals surface area contributed by atoms with Crippen molar-refractivity contribution in [3.63, 3.8) is 0 Å². The van der Waals surface area contributed by atoms with Crippen molar-refractivity contribution in [1.82, 2.24) is 0 Å². The van der Waals surface area contributed by atoms with E-state index in [9.17, 15) is 4.39 Å². The van der Waals surface area contributed by atoms with Crippen molar-refractivity contribution in [2.45, 2.75) is 26.8 Å². The smallest absolute Gasteiger partial charge is 0.128 e. The Bertz CT molecular complexity index is 637. The van der Waals surface area contributed by atoms with Gasteiger partial charge in [-0.15, -0.1) is 0 Å². The van der Waals surface area contributed by atoms with Gasteiger partial charge >= 0.3 is 0 Å². The van der Waals surface area contributed by atoms with Gasteiger partial charge in [-0.1, -0.05) is 18.2 Å². The van der Waals surface area contributed by atoms with Crippen LogP contribution in [-0.4, -0.2) is 7.11 Å². The van der Waals surface area contributed by atoms with E-state index in [-0.39, 0.29) is 5.82 Å². The molecule has 2 aromatic rings. The maximum absolute atomic E-state index is 14.1. The summed E-state index contributed by atoms with van der Waals surface area (Å²) in [4.78, 5) is 0. The largest absolute Gasteiger partial charge is 0.496 e. The SMILES string of the molecule is COc1cc(C)cc(C)c1C(N)c1ccc(C)cc1F. The highest BCUT2D eigenvalue weighted by Crippen LogP contribution is 2.33. The number of nitrogens with two attached hydrogens (primary N) is 1. The zero-order chi connectivity index (χ0) is 14.9. The molecule has 0 bridgehead atoms. The van der Waals surface area contributed by atoms with Crippen LogP contribution >= 0.6 is 0 Å². The zero-order valence-electron chi connectivity index (χ0n) is 12.3. The maximum atomic E-state index is 14.1. The molecular weight excluding hydrogens is 253 g/mol. The lowest BCUT2D eigenvalue weighted by molar-refractivity contribution is 0.406. The molecule has 0 fully saturated rings. The maximum Gasteiger partial charge on any atom is 0.128 e. The van der Waals surface area contributed by atoms with Gasteiger partial charge in [-0.2, -0.15) is 0 Å². The third-order valence-corrected chi connectivity index (χ3v) is 3.52. The predicted octanol–water partition coefficient (Wildman–Crippen LogP) is 3.81. The van der Waals surface area contributed by atoms with Gasteiger partial charge in [-0.05, 0) is 49.6 Å². The molecule has 0 aliphatic heterocycles. The van der Waals surface area contributed by atoms with E-state index in [4.69, 9.17) is 10.5 Å². The lowest BCUT2D eigenvalue weighted by Gasteiger charge is -2.20. The van der Waals surface area contributed by atoms with E-state index < -0.39 is 6.04 Å². The molecule has 1 unspecified atom stereocenters. The van der Waals surface area contributed by atoms with E-state index in [2.05, 4.69) is 0 Å². The minimum Gasteiger partial charge on any atom is -0.496 e. The van der Waals surface area contributed by atoms with Gasteiger partial charge in [-0.3, -0.25) is 0 Å². The Labute approximate surface area is 119 Å². The zero-order valence-corrected chi connectivity index (χ0v) is 12.3. The molecule has 0 aliphatic carbocycles. The van der Waals surface area contributed by atoms with Gasteiger partial charge in [0.1, 0.15) is 11.6 Å². The summed E-state index contributed by atoms with van der Waals surface area (Å²) in [6.45, 7) is 5.82. The van der Waals surface area contributed by atoms with Crippen LogP contribution in [0.4, 0.5) is 4.39 Å². The van der Waals surface area contributed by atoms with E-state index in [0.29, 0.717) is 11.3 Å². The molecule has 0 saturated heterocycles. The minimum atomic E-state index is -0.536. The van der Waals surface area contributed by atoms with Crippen LogP contribution in [0.2, 0.25) is 0 Å². The Morgan fingerprint density at radius 2 is 1.75 bits per heavy atom. The van der Waals surface area contributed by atoms with Crippen LogP contribution in [-0.2, 0) is 0 Å². The number of hydrogen-bond donors (Lipinski definition) is 1. The number of hydrogen-bond acceptors (Lipinski definition) is 2. The molecule has 2 nitrogen and oxygen atoms in total. The first kappa shape index (κ1) is 14.5. The Kier molecular flexibility index (Phi) is 4.09. The summed E-state index contributed by atoms with van der Waals surface area (Å²) in [5, 5.41) is 0. The van der Waals surface area contributed by atoms with Crippen molar-refractivity contribution in [1.29, 1.82) is 0 Å². The first-order valence-corrected chi connectivity index (χ1v) is 6.60. The molecule has 3 heteroatoms. The van der Waals surface area contributed by atoms with E-state index in [1.165, 1.54) is 6.07 Å². The molecule has 0 heterocycles. The summed E-state index contributed by atoms with van der Waals surface area (Å²) in [5.74, 6) is 0.425. The summed E-state index contributed by atoms with van der Waals surface area (Å²) >= 11 is 0. The molecule has 0 aliphatic rings. The van der Waals surface area contributed by atoms with Crippen molar-refractivity contribution in [2.24, 2.45) is 5.73 Å². The summed E-state index contributed by atoms with van der Waals surface area (Å²) in [6, 6.07) is 8.54. The lowest BCUT2D eigenvalue weighted by atomic mass is 9.92. The van der Waals surface area contributed by atoms with Crippen molar-refractivity contribution in [3.05, 3.63) is 64.0 Å². The van der Waals surface area contributed by atoms with Gasteiger partial charge in [0.25, 0.3) is 0 Å². The average Bonchev–Trinajstić information content (AvgIpc) is 2.37. The van der Waals surface area contributed by atoms with Gasteiger partial charge < -0.3 is 10.5 Å². The van der Waals surface area contributed by atoms with Gasteiger partial charge in [-0.25, -0.2) is 4.39 Å². The van der Waals surface area contributed by atoms with Gasteiger partial charge in [0.15, 0.2) is 0 Å². The molecule has 2 aromatic carbocycles. The van der Waals surface area contributed by atoms with Crippen LogP contribution in [0.3, 0.4) is 0 Å². The Hall–Kier alpha value is -1.87. The lowest BCUT2D eigenvalue weighted by Crippen LogP contribution is -2.16. The van der Waals surface area contributed by atoms with E-state index in [1.54, 1.807) is 13.2 Å². The second-order valence-electron chi connectivity index (χ2n) is 5.20. The van der Waals surface area contributed by atoms with Crippen molar-refractivity contribution >= 4 is 0 Å². The normalized spacial score (nSPS) is 12.3. The van der Waals surface area contributed by atoms with Crippen molar-refractivity contribution in [3.8, 4) is 5.75 Å². The highest BCUT2D eigenvalue weighted by Gasteiger charge is 2.20. The van der Waals surface area contributed by atoms with Crippen LogP contribution < -0.4 is 10.5 Å². The van der Waals surface area contributed by atoms with E-state index >= 15 is 0 Å². The number of halogens is 1. The molecule has 0 aromatic heterocycles. The predicted molar refractivity (Wildman–Crippen MR) is 79.6 cm³/mol. The number of rotatable bonds is 3. The summed E-state index contributed by atoms with van der Waals surface area (Å²) in [6.07, 6.45) is 0. The highest BCUT2D eigenvalue weighted by atomic mass is 19.1. The monoisotopic (exact) mass is 273 g/mol. The third kappa shape index (κ3) is 2.68. The second kappa shape index (κ2) is 5.63. The molecule has 0 saturated carbocycles. The Morgan fingerprint density at radius 3 is 2.35 bits per heavy atom. The molecule has 0 amide bonds. The van der Waals surface area contributed by atoms with Crippen molar-refractivity contribution in [2.75, 3.05) is 7.11 Å². The van der Waals surface area contributed by atoms with Gasteiger partial charge in [0, 0.05) is 11.1 Å². The highest BCUT2D eigenvalue weighted by molar-refractivity contribution is 5.48. The topological polar surface area (TPSA) is 35.2 Å². The summed E-state index contributed by atoms with van der Waals surface area (Å²) in [5.41, 5.74) is 10.6. The van der Waals surface area contributed by atoms with Crippen LogP contribution in [0, 0.1) is 26.6 Å². The molecule has 0 spiro atoms. The van der Waals surface area contributed by atoms with Crippen LogP contribution in [0.1, 0.15) is 33.9 Å². The molecule has 106 valence electrons. The fourth-order valence-corrected chi connectivity index (χ4v) is 2.55. The van der Waals surface area contributed by atoms with Gasteiger partial charge in [0.2, 0.25) is 0 Å². The average molecular weight is 273 g/mol. The fourth-order valence-electron chi connectivity index (χ4n) is 2.55. The number of ether oxygens (including phenoxy) is 1. The third-order valence-electron chi connectivity index (χ3n) is 3.52. The number of aryl methyl sites for hydroxylation is 3. The van der Waals surface area contributed by atoms with Gasteiger partial charge in [0.05, 0.1) is 13.2 Å². The minimum absolute atomic E-state index is 0.278. The van der Waals surface area contributed by atoms with E-state index in [0.717, 1.165) is 22.3 Å². The van der Waals surface area contributed by atoms with Crippen LogP contribution in [0.25, 0.3) is 0 Å². The Balaban J connectivity index is 2.55. The van der Waals surface area contributed by atoms with E-state index in [1.807, 2.05) is 39.0 Å². The number of methoxy groups -OCH3 is 1. The molecule has 2 N–H and O–H groups in total. The number of benzene rings is 2. The molecule has 2 rings (SSSR count). The standard InChI is InChI=1S/C17H20FNO/c1-10-5-6-13(14(18)8-10)17(19)16-12(3)7-11(2)9-15(16)20-4/h5-9,17H,19H2,1-4H3. The first-order chi connectivity index (χ1) is 9.43. The second-order valence-corrected chi connectivity index (χ2v) is 5.20. The molecule has 0 radical (unpaired) electrons. The Morgan fingerprint density at radius 1 is 1.05 bits per heavy atom. The van der Waals surface area contributed by atoms with Crippen LogP contribution in [0.5, 0.6) is 5.75 Å². The molecule has 1 atom stereocenters.